The van der Waals surface area contributed by atoms with Gasteiger partial charge in [0.25, 0.3) is 0 Å². The van der Waals surface area contributed by atoms with E-state index in [4.69, 9.17) is 0 Å². The highest BCUT2D eigenvalue weighted by atomic mass is 15.2. The summed E-state index contributed by atoms with van der Waals surface area (Å²) in [6.07, 6.45) is 5.34. The Labute approximate surface area is 116 Å². The number of para-hydroxylation sites is 2. The maximum Gasteiger partial charge on any atom is 0.0602 e. The molecule has 0 bridgehead atoms. The van der Waals surface area contributed by atoms with E-state index in [2.05, 4.69) is 39.8 Å². The minimum atomic E-state index is 0.778. The van der Waals surface area contributed by atoms with E-state index >= 15 is 0 Å². The summed E-state index contributed by atoms with van der Waals surface area (Å²) in [4.78, 5) is 2.52. The van der Waals surface area contributed by atoms with Gasteiger partial charge in [0.05, 0.1) is 11.4 Å². The first-order valence-electron chi connectivity index (χ1n) is 7.72. The summed E-state index contributed by atoms with van der Waals surface area (Å²) in [5.74, 6) is 0.778. The first-order chi connectivity index (χ1) is 9.43. The van der Waals surface area contributed by atoms with Gasteiger partial charge in [-0.2, -0.15) is 0 Å². The van der Waals surface area contributed by atoms with Crippen LogP contribution in [-0.4, -0.2) is 32.7 Å². The molecule has 1 aromatic carbocycles. The Morgan fingerprint density at radius 3 is 2.79 bits per heavy atom. The van der Waals surface area contributed by atoms with Crippen molar-refractivity contribution >= 4 is 11.4 Å². The Morgan fingerprint density at radius 1 is 1.16 bits per heavy atom. The van der Waals surface area contributed by atoms with E-state index < -0.39 is 0 Å². The van der Waals surface area contributed by atoms with Gasteiger partial charge < -0.3 is 15.5 Å². The van der Waals surface area contributed by atoms with Gasteiger partial charge in [0.15, 0.2) is 0 Å². The molecule has 3 heteroatoms. The van der Waals surface area contributed by atoms with E-state index in [1.54, 1.807) is 0 Å². The highest BCUT2D eigenvalue weighted by molar-refractivity contribution is 5.70. The lowest BCUT2D eigenvalue weighted by molar-refractivity contribution is 0.393. The molecule has 1 aromatic rings. The van der Waals surface area contributed by atoms with Gasteiger partial charge in [-0.3, -0.25) is 0 Å². The fraction of sp³-hybridized carbons (Fsp3) is 0.625. The summed E-state index contributed by atoms with van der Waals surface area (Å²) in [5.41, 5.74) is 2.71. The van der Waals surface area contributed by atoms with Crippen LogP contribution >= 0.6 is 0 Å². The van der Waals surface area contributed by atoms with Crippen LogP contribution in [0.2, 0.25) is 0 Å². The van der Waals surface area contributed by atoms with Crippen LogP contribution in [0, 0.1) is 5.92 Å². The van der Waals surface area contributed by atoms with Crippen molar-refractivity contribution in [3.05, 3.63) is 24.3 Å². The second kappa shape index (κ2) is 6.29. The summed E-state index contributed by atoms with van der Waals surface area (Å²) in [7, 11) is 0. The molecule has 19 heavy (non-hydrogen) atoms. The van der Waals surface area contributed by atoms with E-state index in [9.17, 15) is 0 Å². The van der Waals surface area contributed by atoms with E-state index in [0.29, 0.717) is 0 Å². The van der Waals surface area contributed by atoms with Gasteiger partial charge in [0.2, 0.25) is 0 Å². The van der Waals surface area contributed by atoms with Crippen LogP contribution in [0.3, 0.4) is 0 Å². The van der Waals surface area contributed by atoms with Crippen molar-refractivity contribution in [3.63, 3.8) is 0 Å². The van der Waals surface area contributed by atoms with Crippen molar-refractivity contribution in [2.24, 2.45) is 5.92 Å². The van der Waals surface area contributed by atoms with Crippen molar-refractivity contribution in [2.75, 3.05) is 42.9 Å². The molecule has 2 aliphatic heterocycles. The summed E-state index contributed by atoms with van der Waals surface area (Å²) >= 11 is 0. The fourth-order valence-electron chi connectivity index (χ4n) is 3.21. The predicted molar refractivity (Wildman–Crippen MR) is 82.0 cm³/mol. The van der Waals surface area contributed by atoms with E-state index in [1.165, 1.54) is 63.2 Å². The van der Waals surface area contributed by atoms with Crippen molar-refractivity contribution in [1.82, 2.24) is 5.32 Å². The number of benzene rings is 1. The third-order valence-electron chi connectivity index (χ3n) is 4.33. The normalized spacial score (nSPS) is 23.6. The molecule has 0 saturated carbocycles. The molecular formula is C16H25N3. The number of piperidine rings is 1. The number of rotatable bonds is 4. The number of hydrogen-bond acceptors (Lipinski definition) is 3. The third kappa shape index (κ3) is 3.21. The van der Waals surface area contributed by atoms with Crippen molar-refractivity contribution < 1.29 is 0 Å². The zero-order valence-electron chi connectivity index (χ0n) is 11.7. The van der Waals surface area contributed by atoms with Crippen molar-refractivity contribution in [3.8, 4) is 0 Å². The predicted octanol–water partition coefficient (Wildman–Crippen LogP) is 2.70. The smallest absolute Gasteiger partial charge is 0.0602 e. The molecule has 0 radical (unpaired) electrons. The molecule has 3 nitrogen and oxygen atoms in total. The quantitative estimate of drug-likeness (QED) is 0.870. The Balaban J connectivity index is 1.62. The number of anilines is 2. The Morgan fingerprint density at radius 2 is 2.00 bits per heavy atom. The molecule has 1 atom stereocenters. The number of nitrogens with one attached hydrogen (secondary N) is 2. The first-order valence-corrected chi connectivity index (χ1v) is 7.72. The van der Waals surface area contributed by atoms with Crippen LogP contribution < -0.4 is 15.5 Å². The molecule has 2 heterocycles. The van der Waals surface area contributed by atoms with Crippen LogP contribution in [0.4, 0.5) is 11.4 Å². The third-order valence-corrected chi connectivity index (χ3v) is 4.33. The number of nitrogens with zero attached hydrogens (tertiary/aromatic N) is 1. The lowest BCUT2D eigenvalue weighted by atomic mass is 9.99. The monoisotopic (exact) mass is 259 g/mol. The fourth-order valence-corrected chi connectivity index (χ4v) is 3.21. The summed E-state index contributed by atoms with van der Waals surface area (Å²) in [5, 5.41) is 7.17. The Bertz CT molecular complexity index is 393. The maximum absolute atomic E-state index is 3.68. The molecule has 104 valence electrons. The Hall–Kier alpha value is -1.22. The lowest BCUT2D eigenvalue weighted by Gasteiger charge is -2.26. The van der Waals surface area contributed by atoms with Crippen LogP contribution in [-0.2, 0) is 0 Å². The van der Waals surface area contributed by atoms with Crippen LogP contribution in [0.5, 0.6) is 0 Å². The SMILES string of the molecule is c1ccc(N2CCCC2)c(NCC2CCCNC2)c1. The first kappa shape index (κ1) is 12.8. The van der Waals surface area contributed by atoms with Gasteiger partial charge in [-0.25, -0.2) is 0 Å². The summed E-state index contributed by atoms with van der Waals surface area (Å²) in [6, 6.07) is 8.78. The molecular weight excluding hydrogens is 234 g/mol. The lowest BCUT2D eigenvalue weighted by Crippen LogP contribution is -2.33. The zero-order valence-corrected chi connectivity index (χ0v) is 11.7. The van der Waals surface area contributed by atoms with Gasteiger partial charge in [0, 0.05) is 19.6 Å². The minimum Gasteiger partial charge on any atom is -0.383 e. The van der Waals surface area contributed by atoms with Crippen LogP contribution in [0.25, 0.3) is 0 Å². The molecule has 2 N–H and O–H groups in total. The highest BCUT2D eigenvalue weighted by Crippen LogP contribution is 2.28. The van der Waals surface area contributed by atoms with Gasteiger partial charge in [-0.15, -0.1) is 0 Å². The maximum atomic E-state index is 3.68. The van der Waals surface area contributed by atoms with Crippen LogP contribution in [0.15, 0.2) is 24.3 Å². The second-order valence-electron chi connectivity index (χ2n) is 5.80. The van der Waals surface area contributed by atoms with Crippen molar-refractivity contribution in [2.45, 2.75) is 25.7 Å². The highest BCUT2D eigenvalue weighted by Gasteiger charge is 2.17. The largest absolute Gasteiger partial charge is 0.383 e. The summed E-state index contributed by atoms with van der Waals surface area (Å²) in [6.45, 7) is 5.88. The van der Waals surface area contributed by atoms with Gasteiger partial charge in [0.1, 0.15) is 0 Å². The van der Waals surface area contributed by atoms with Crippen molar-refractivity contribution in [1.29, 1.82) is 0 Å². The molecule has 2 aliphatic rings. The molecule has 0 aliphatic carbocycles. The molecule has 2 saturated heterocycles. The molecule has 1 unspecified atom stereocenters. The molecule has 3 rings (SSSR count). The average molecular weight is 259 g/mol. The molecule has 0 spiro atoms. The molecule has 2 fully saturated rings. The van der Waals surface area contributed by atoms with Crippen LogP contribution in [0.1, 0.15) is 25.7 Å². The summed E-state index contributed by atoms with van der Waals surface area (Å²) < 4.78 is 0. The zero-order chi connectivity index (χ0) is 12.9. The topological polar surface area (TPSA) is 27.3 Å². The standard InChI is InChI=1S/C16H25N3/c1-2-8-16(19-10-3-4-11-19)15(7-1)18-13-14-6-5-9-17-12-14/h1-2,7-8,14,17-18H,3-6,9-13H2. The molecule has 0 aromatic heterocycles. The van der Waals surface area contributed by atoms with E-state index in [0.717, 1.165) is 12.5 Å². The van der Waals surface area contributed by atoms with E-state index in [-0.39, 0.29) is 0 Å². The van der Waals surface area contributed by atoms with E-state index in [1.807, 2.05) is 0 Å². The Kier molecular flexibility index (Phi) is 4.23. The number of hydrogen-bond donors (Lipinski definition) is 2. The van der Waals surface area contributed by atoms with Gasteiger partial charge in [-0.1, -0.05) is 12.1 Å². The molecule has 0 amide bonds. The minimum absolute atomic E-state index is 0.778. The van der Waals surface area contributed by atoms with Gasteiger partial charge >= 0.3 is 0 Å². The second-order valence-corrected chi connectivity index (χ2v) is 5.80. The van der Waals surface area contributed by atoms with Gasteiger partial charge in [-0.05, 0) is 56.8 Å². The average Bonchev–Trinajstić information content (AvgIpc) is 3.01.